The summed E-state index contributed by atoms with van der Waals surface area (Å²) in [7, 11) is 2.05. The number of amides is 1. The summed E-state index contributed by atoms with van der Waals surface area (Å²) in [6.45, 7) is 3.26. The third-order valence-electron chi connectivity index (χ3n) is 5.84. The van der Waals surface area contributed by atoms with Gasteiger partial charge in [0.25, 0.3) is 0 Å². The fourth-order valence-corrected chi connectivity index (χ4v) is 4.05. The van der Waals surface area contributed by atoms with Crippen molar-refractivity contribution in [2.24, 2.45) is 0 Å². The molecule has 1 aliphatic rings. The Morgan fingerprint density at radius 3 is 2.70 bits per heavy atom. The lowest BCUT2D eigenvalue weighted by Gasteiger charge is -2.39. The van der Waals surface area contributed by atoms with E-state index in [0.29, 0.717) is 5.95 Å². The predicted octanol–water partition coefficient (Wildman–Crippen LogP) is 3.45. The molecule has 0 radical (unpaired) electrons. The van der Waals surface area contributed by atoms with Crippen LogP contribution in [0, 0.1) is 0 Å². The van der Waals surface area contributed by atoms with Crippen LogP contribution in [0.2, 0.25) is 0 Å². The molecule has 1 aliphatic heterocycles. The van der Waals surface area contributed by atoms with Gasteiger partial charge in [0.15, 0.2) is 0 Å². The van der Waals surface area contributed by atoms with Crippen LogP contribution < -0.4 is 5.32 Å². The Morgan fingerprint density at radius 2 is 1.87 bits per heavy atom. The van der Waals surface area contributed by atoms with E-state index in [1.165, 1.54) is 16.3 Å². The summed E-state index contributed by atoms with van der Waals surface area (Å²) in [5.74, 6) is 0.887. The first kappa shape index (κ1) is 20.3. The molecule has 1 saturated heterocycles. The van der Waals surface area contributed by atoms with Gasteiger partial charge in [0.1, 0.15) is 0 Å². The Kier molecular flexibility index (Phi) is 6.54. The number of rotatable bonds is 8. The topological polar surface area (TPSA) is 61.4 Å². The van der Waals surface area contributed by atoms with E-state index < -0.39 is 0 Å². The molecular formula is C24H31N5O. The van der Waals surface area contributed by atoms with Gasteiger partial charge < -0.3 is 10.2 Å². The number of aromatic nitrogens is 2. The summed E-state index contributed by atoms with van der Waals surface area (Å²) in [4.78, 5) is 25.6. The molecule has 6 nitrogen and oxygen atoms in total. The first-order chi connectivity index (χ1) is 14.7. The molecule has 1 N–H and O–H groups in total. The molecule has 30 heavy (non-hydrogen) atoms. The lowest BCUT2D eigenvalue weighted by atomic mass is 10.0. The number of likely N-dealkylation sites (N-methyl/N-ethyl adjacent to an activating group) is 1. The maximum Gasteiger partial charge on any atom is 0.239 e. The van der Waals surface area contributed by atoms with E-state index in [9.17, 15) is 4.79 Å². The van der Waals surface area contributed by atoms with Crippen LogP contribution in [0.5, 0.6) is 0 Å². The highest BCUT2D eigenvalue weighted by atomic mass is 16.2. The Labute approximate surface area is 179 Å². The van der Waals surface area contributed by atoms with Crippen molar-refractivity contribution in [2.75, 3.05) is 38.5 Å². The van der Waals surface area contributed by atoms with Gasteiger partial charge in [-0.3, -0.25) is 9.69 Å². The minimum absolute atomic E-state index is 0. The van der Waals surface area contributed by atoms with Crippen molar-refractivity contribution in [1.29, 1.82) is 0 Å². The lowest BCUT2D eigenvalue weighted by Crippen LogP contribution is -2.55. The van der Waals surface area contributed by atoms with E-state index >= 15 is 0 Å². The van der Waals surface area contributed by atoms with Crippen LogP contribution in [0.25, 0.3) is 10.8 Å². The van der Waals surface area contributed by atoms with E-state index in [-0.39, 0.29) is 13.4 Å². The maximum atomic E-state index is 13.1. The van der Waals surface area contributed by atoms with E-state index in [4.69, 9.17) is 0 Å². The molecule has 1 amide bonds. The van der Waals surface area contributed by atoms with Crippen LogP contribution in [-0.2, 0) is 11.2 Å². The van der Waals surface area contributed by atoms with Gasteiger partial charge in [-0.25, -0.2) is 9.97 Å². The average molecular weight is 406 g/mol. The molecule has 2 aromatic carbocycles. The van der Waals surface area contributed by atoms with Crippen molar-refractivity contribution in [3.63, 3.8) is 0 Å². The number of nitrogens with zero attached hydrogens (tertiary/aromatic N) is 4. The van der Waals surface area contributed by atoms with Gasteiger partial charge in [-0.05, 0) is 48.7 Å². The zero-order valence-electron chi connectivity index (χ0n) is 17.5. The van der Waals surface area contributed by atoms with Crippen LogP contribution in [0.15, 0.2) is 60.9 Å². The van der Waals surface area contributed by atoms with Gasteiger partial charge in [-0.1, -0.05) is 42.5 Å². The van der Waals surface area contributed by atoms with Crippen LogP contribution >= 0.6 is 0 Å². The summed E-state index contributed by atoms with van der Waals surface area (Å²) in [6, 6.07) is 16.7. The van der Waals surface area contributed by atoms with E-state index in [0.717, 1.165) is 45.4 Å². The Bertz CT molecular complexity index is 984. The molecule has 1 fully saturated rings. The van der Waals surface area contributed by atoms with Gasteiger partial charge in [-0.15, -0.1) is 0 Å². The second kappa shape index (κ2) is 9.67. The van der Waals surface area contributed by atoms with Crippen LogP contribution in [0.1, 0.15) is 19.8 Å². The second-order valence-corrected chi connectivity index (χ2v) is 7.89. The van der Waals surface area contributed by atoms with Gasteiger partial charge >= 0.3 is 0 Å². The molecule has 0 unspecified atom stereocenters. The fraction of sp³-hybridized carbons (Fsp3) is 0.375. The lowest BCUT2D eigenvalue weighted by molar-refractivity contribution is -0.141. The first-order valence-corrected chi connectivity index (χ1v) is 10.7. The van der Waals surface area contributed by atoms with E-state index in [1.54, 1.807) is 18.5 Å². The van der Waals surface area contributed by atoms with Crippen LogP contribution in [-0.4, -0.2) is 64.9 Å². The Balaban J connectivity index is 0.00000272. The molecule has 6 heteroatoms. The van der Waals surface area contributed by atoms with Gasteiger partial charge in [0, 0.05) is 40.0 Å². The monoisotopic (exact) mass is 405 g/mol. The molecule has 0 aliphatic carbocycles. The van der Waals surface area contributed by atoms with Crippen molar-refractivity contribution in [1.82, 2.24) is 19.8 Å². The fourth-order valence-electron chi connectivity index (χ4n) is 4.05. The van der Waals surface area contributed by atoms with Crippen molar-refractivity contribution in [3.05, 3.63) is 66.5 Å². The zero-order valence-corrected chi connectivity index (χ0v) is 17.5. The third kappa shape index (κ3) is 4.94. The number of anilines is 1. The highest BCUT2D eigenvalue weighted by Gasteiger charge is 2.31. The molecule has 4 rings (SSSR count). The standard InChI is InChI=1S/C24H29N5O.H2/c1-28-16-17-29(15-11-19-9-10-20-6-2-3-7-21(20)18-19)23(30)22(28)8-4-12-25-24-26-13-5-14-27-24;/h2-3,5-7,9-10,13-14,18,22H,4,8,11-12,15-17H2,1H3,(H,25,26,27);1H/t22-;/m0./s1. The van der Waals surface area contributed by atoms with Crippen molar-refractivity contribution in [3.8, 4) is 0 Å². The highest BCUT2D eigenvalue weighted by Crippen LogP contribution is 2.18. The van der Waals surface area contributed by atoms with Crippen molar-refractivity contribution < 1.29 is 6.22 Å². The number of fused-ring (bicyclic) bond motifs is 1. The number of carbonyl (C=O) groups excluding carboxylic acids is 1. The summed E-state index contributed by atoms with van der Waals surface area (Å²) >= 11 is 0. The highest BCUT2D eigenvalue weighted by molar-refractivity contribution is 5.83. The Morgan fingerprint density at radius 1 is 1.07 bits per heavy atom. The minimum Gasteiger partial charge on any atom is -0.354 e. The van der Waals surface area contributed by atoms with Gasteiger partial charge in [0.2, 0.25) is 11.9 Å². The largest absolute Gasteiger partial charge is 0.354 e. The molecular weight excluding hydrogens is 374 g/mol. The molecule has 0 bridgehead atoms. The normalized spacial score (nSPS) is 17.4. The summed E-state index contributed by atoms with van der Waals surface area (Å²) in [6.07, 6.45) is 6.07. The van der Waals surface area contributed by atoms with Crippen LogP contribution in [0.4, 0.5) is 5.95 Å². The van der Waals surface area contributed by atoms with E-state index in [2.05, 4.69) is 69.7 Å². The average Bonchev–Trinajstić information content (AvgIpc) is 2.78. The number of hydrogen-bond donors (Lipinski definition) is 1. The maximum absolute atomic E-state index is 13.1. The minimum atomic E-state index is -0.0474. The SMILES string of the molecule is CN1CCN(CCc2ccc3ccccc3c2)C(=O)[C@@H]1CCCNc1ncccn1.[HH]. The molecule has 1 aromatic heterocycles. The van der Waals surface area contributed by atoms with Crippen molar-refractivity contribution >= 4 is 22.6 Å². The van der Waals surface area contributed by atoms with E-state index in [1.807, 2.05) is 4.90 Å². The first-order valence-electron chi connectivity index (χ1n) is 10.7. The smallest absolute Gasteiger partial charge is 0.239 e. The number of benzene rings is 2. The molecule has 0 spiro atoms. The summed E-state index contributed by atoms with van der Waals surface area (Å²) in [5, 5.41) is 5.73. The van der Waals surface area contributed by atoms with Gasteiger partial charge in [-0.2, -0.15) is 0 Å². The molecule has 158 valence electrons. The third-order valence-corrected chi connectivity index (χ3v) is 5.84. The van der Waals surface area contributed by atoms with Crippen LogP contribution in [0.3, 0.4) is 0 Å². The number of nitrogens with one attached hydrogen (secondary N) is 1. The molecule has 1 atom stereocenters. The van der Waals surface area contributed by atoms with Gasteiger partial charge in [0.05, 0.1) is 6.04 Å². The molecule has 2 heterocycles. The number of piperazine rings is 1. The van der Waals surface area contributed by atoms with Crippen molar-refractivity contribution in [2.45, 2.75) is 25.3 Å². The Hall–Kier alpha value is -2.99. The predicted molar refractivity (Wildman–Crippen MR) is 123 cm³/mol. The quantitative estimate of drug-likeness (QED) is 0.582. The number of carbonyl (C=O) groups is 1. The molecule has 0 saturated carbocycles. The summed E-state index contributed by atoms with van der Waals surface area (Å²) < 4.78 is 0. The molecule has 3 aromatic rings. The second-order valence-electron chi connectivity index (χ2n) is 7.89. The number of hydrogen-bond acceptors (Lipinski definition) is 5. The summed E-state index contributed by atoms with van der Waals surface area (Å²) in [5.41, 5.74) is 1.28. The zero-order chi connectivity index (χ0) is 20.8.